The summed E-state index contributed by atoms with van der Waals surface area (Å²) in [4.78, 5) is 29.4. The minimum Gasteiger partial charge on any atom is -0.347 e. The van der Waals surface area contributed by atoms with Crippen LogP contribution >= 0.6 is 15.9 Å². The van der Waals surface area contributed by atoms with E-state index in [-0.39, 0.29) is 27.9 Å². The van der Waals surface area contributed by atoms with Gasteiger partial charge >= 0.3 is 6.18 Å². The van der Waals surface area contributed by atoms with Crippen LogP contribution in [0.2, 0.25) is 0 Å². The Balaban J connectivity index is 1.59. The zero-order valence-corrected chi connectivity index (χ0v) is 23.6. The first-order chi connectivity index (χ1) is 18.1. The van der Waals surface area contributed by atoms with Gasteiger partial charge in [0.2, 0.25) is 0 Å². The number of alkyl halides is 3. The highest BCUT2D eigenvalue weighted by Gasteiger charge is 2.34. The zero-order valence-electron chi connectivity index (χ0n) is 22.0. The van der Waals surface area contributed by atoms with Gasteiger partial charge in [0.15, 0.2) is 0 Å². The Morgan fingerprint density at radius 3 is 2.26 bits per heavy atom. The number of carbonyl (C=O) groups is 2. The molecule has 2 amide bonds. The average Bonchev–Trinajstić information content (AvgIpc) is 3.09. The third kappa shape index (κ3) is 6.47. The fourth-order valence-electron chi connectivity index (χ4n) is 4.09. The van der Waals surface area contributed by atoms with E-state index in [1.165, 1.54) is 6.07 Å². The zero-order chi connectivity index (χ0) is 28.7. The molecule has 2 N–H and O–H groups in total. The second-order valence-electron chi connectivity index (χ2n) is 10.3. The van der Waals surface area contributed by atoms with Crippen LogP contribution in [-0.2, 0) is 12.7 Å². The van der Waals surface area contributed by atoms with Crippen molar-refractivity contribution in [2.45, 2.75) is 52.9 Å². The maximum Gasteiger partial charge on any atom is 0.433 e. The van der Waals surface area contributed by atoms with Gasteiger partial charge in [-0.1, -0.05) is 28.1 Å². The molecule has 0 saturated carbocycles. The van der Waals surface area contributed by atoms with Crippen molar-refractivity contribution in [3.63, 3.8) is 0 Å². The van der Waals surface area contributed by atoms with E-state index in [0.717, 1.165) is 11.6 Å². The Labute approximate surface area is 231 Å². The van der Waals surface area contributed by atoms with Crippen LogP contribution in [0.1, 0.15) is 64.1 Å². The molecule has 0 atom stereocenters. The molecule has 0 aliphatic heterocycles. The molecule has 11 heteroatoms. The number of nitrogens with one attached hydrogen (secondary N) is 2. The van der Waals surface area contributed by atoms with Crippen LogP contribution in [0.3, 0.4) is 0 Å². The van der Waals surface area contributed by atoms with Crippen molar-refractivity contribution in [3.05, 3.63) is 86.8 Å². The number of carbonyl (C=O) groups excluding carboxylic acids is 2. The molecule has 0 saturated heterocycles. The molecule has 0 radical (unpaired) electrons. The lowest BCUT2D eigenvalue weighted by Crippen LogP contribution is -2.40. The molecule has 4 aromatic rings. The monoisotopic (exact) mass is 601 g/mol. The second kappa shape index (κ2) is 10.4. The standard InChI is InChI=1S/C28H27BrF3N5O2/c1-15-24(16(2)37(36-15)14-17-6-8-18(9-7-17)25(38)35-27(3,4)5)34-26(39)21-13-23(28(30,31)32)33-22-11-10-19(29)12-20(21)22/h6-13H,14H2,1-5H3,(H,34,39)(H,35,38). The van der Waals surface area contributed by atoms with Crippen LogP contribution in [0, 0.1) is 13.8 Å². The van der Waals surface area contributed by atoms with E-state index in [2.05, 4.69) is 36.6 Å². The Hall–Kier alpha value is -3.73. The number of anilines is 1. The molecule has 0 spiro atoms. The molecule has 4 rings (SSSR count). The first-order valence-corrected chi connectivity index (χ1v) is 12.9. The number of benzene rings is 2. The molecule has 7 nitrogen and oxygen atoms in total. The summed E-state index contributed by atoms with van der Waals surface area (Å²) in [5.41, 5.74) is 1.37. The fraction of sp³-hybridized carbons (Fsp3) is 0.286. The molecule has 204 valence electrons. The van der Waals surface area contributed by atoms with Crippen LogP contribution < -0.4 is 10.6 Å². The second-order valence-corrected chi connectivity index (χ2v) is 11.2. The smallest absolute Gasteiger partial charge is 0.347 e. The van der Waals surface area contributed by atoms with E-state index in [1.54, 1.807) is 42.8 Å². The number of rotatable bonds is 5. The predicted octanol–water partition coefficient (Wildman–Crippen LogP) is 6.66. The maximum atomic E-state index is 13.5. The summed E-state index contributed by atoms with van der Waals surface area (Å²) < 4.78 is 42.8. The molecule has 0 aliphatic rings. The van der Waals surface area contributed by atoms with Gasteiger partial charge in [-0.25, -0.2) is 4.98 Å². The van der Waals surface area contributed by atoms with Crippen LogP contribution in [-0.4, -0.2) is 32.1 Å². The van der Waals surface area contributed by atoms with Gasteiger partial charge < -0.3 is 10.6 Å². The molecule has 0 bridgehead atoms. The number of hydrogen-bond acceptors (Lipinski definition) is 4. The molecule has 2 aromatic carbocycles. The quantitative estimate of drug-likeness (QED) is 0.268. The molecule has 39 heavy (non-hydrogen) atoms. The Bertz CT molecular complexity index is 1570. The van der Waals surface area contributed by atoms with Crippen molar-refractivity contribution in [2.75, 3.05) is 5.32 Å². The van der Waals surface area contributed by atoms with Gasteiger partial charge in [0.1, 0.15) is 5.69 Å². The molecule has 0 aliphatic carbocycles. The third-order valence-corrected chi connectivity index (χ3v) is 6.46. The van der Waals surface area contributed by atoms with Crippen molar-refractivity contribution in [1.29, 1.82) is 0 Å². The summed E-state index contributed by atoms with van der Waals surface area (Å²) in [6.07, 6.45) is -4.71. The average molecular weight is 602 g/mol. The fourth-order valence-corrected chi connectivity index (χ4v) is 4.45. The molecular weight excluding hydrogens is 575 g/mol. The topological polar surface area (TPSA) is 88.9 Å². The van der Waals surface area contributed by atoms with Gasteiger partial charge in [0, 0.05) is 21.0 Å². The molecule has 0 fully saturated rings. The lowest BCUT2D eigenvalue weighted by molar-refractivity contribution is -0.141. The molecule has 2 heterocycles. The van der Waals surface area contributed by atoms with E-state index in [4.69, 9.17) is 0 Å². The third-order valence-electron chi connectivity index (χ3n) is 5.96. The van der Waals surface area contributed by atoms with Gasteiger partial charge in [0.25, 0.3) is 11.8 Å². The van der Waals surface area contributed by atoms with Crippen LogP contribution in [0.15, 0.2) is 53.0 Å². The van der Waals surface area contributed by atoms with Gasteiger partial charge in [-0.3, -0.25) is 14.3 Å². The summed E-state index contributed by atoms with van der Waals surface area (Å²) >= 11 is 3.31. The van der Waals surface area contributed by atoms with Gasteiger partial charge in [0.05, 0.1) is 34.7 Å². The minimum atomic E-state index is -4.71. The lowest BCUT2D eigenvalue weighted by atomic mass is 10.1. The van der Waals surface area contributed by atoms with E-state index in [9.17, 15) is 22.8 Å². The Morgan fingerprint density at radius 1 is 0.974 bits per heavy atom. The number of pyridine rings is 1. The van der Waals surface area contributed by atoms with Gasteiger partial charge in [-0.05, 0) is 76.6 Å². The number of amides is 2. The van der Waals surface area contributed by atoms with Crippen LogP contribution in [0.5, 0.6) is 0 Å². The lowest BCUT2D eigenvalue weighted by Gasteiger charge is -2.20. The Morgan fingerprint density at radius 2 is 1.64 bits per heavy atom. The first-order valence-electron chi connectivity index (χ1n) is 12.1. The number of hydrogen-bond donors (Lipinski definition) is 2. The predicted molar refractivity (Wildman–Crippen MR) is 147 cm³/mol. The number of aromatic nitrogens is 3. The van der Waals surface area contributed by atoms with Crippen molar-refractivity contribution in [3.8, 4) is 0 Å². The molecular formula is C28H27BrF3N5O2. The number of fused-ring (bicyclic) bond motifs is 1. The van der Waals surface area contributed by atoms with Gasteiger partial charge in [-0.15, -0.1) is 0 Å². The Kier molecular flexibility index (Phi) is 7.57. The van der Waals surface area contributed by atoms with E-state index in [1.807, 2.05) is 32.9 Å². The summed E-state index contributed by atoms with van der Waals surface area (Å²) in [6, 6.07) is 12.4. The number of aryl methyl sites for hydroxylation is 1. The SMILES string of the molecule is Cc1nn(Cc2ccc(C(=O)NC(C)(C)C)cc2)c(C)c1NC(=O)c1cc(C(F)(F)F)nc2ccc(Br)cc12. The minimum absolute atomic E-state index is 0.0574. The van der Waals surface area contributed by atoms with Crippen molar-refractivity contribution in [2.24, 2.45) is 0 Å². The van der Waals surface area contributed by atoms with Crippen LogP contribution in [0.4, 0.5) is 18.9 Å². The van der Waals surface area contributed by atoms with E-state index < -0.39 is 17.8 Å². The van der Waals surface area contributed by atoms with Gasteiger partial charge in [-0.2, -0.15) is 18.3 Å². The number of halogens is 4. The highest BCUT2D eigenvalue weighted by Crippen LogP contribution is 2.32. The summed E-state index contributed by atoms with van der Waals surface area (Å²) in [7, 11) is 0. The van der Waals surface area contributed by atoms with Crippen molar-refractivity contribution >= 4 is 44.3 Å². The summed E-state index contributed by atoms with van der Waals surface area (Å²) in [5.74, 6) is -0.875. The maximum absolute atomic E-state index is 13.5. The van der Waals surface area contributed by atoms with E-state index in [0.29, 0.717) is 33.7 Å². The highest BCUT2D eigenvalue weighted by atomic mass is 79.9. The first kappa shape index (κ1) is 28.3. The largest absolute Gasteiger partial charge is 0.433 e. The molecule has 2 aromatic heterocycles. The van der Waals surface area contributed by atoms with Crippen LogP contribution in [0.25, 0.3) is 10.9 Å². The van der Waals surface area contributed by atoms with Crippen molar-refractivity contribution in [1.82, 2.24) is 20.1 Å². The van der Waals surface area contributed by atoms with E-state index >= 15 is 0 Å². The molecule has 0 unspecified atom stereocenters. The summed E-state index contributed by atoms with van der Waals surface area (Å²) in [6.45, 7) is 9.56. The normalized spacial score (nSPS) is 12.0. The highest BCUT2D eigenvalue weighted by molar-refractivity contribution is 9.10. The summed E-state index contributed by atoms with van der Waals surface area (Å²) in [5, 5.41) is 10.5. The van der Waals surface area contributed by atoms with Crippen molar-refractivity contribution < 1.29 is 22.8 Å². The number of nitrogens with zero attached hydrogens (tertiary/aromatic N) is 3.